The highest BCUT2D eigenvalue weighted by Crippen LogP contribution is 2.10. The number of amides is 2. The van der Waals surface area contributed by atoms with Crippen LogP contribution in [0.15, 0.2) is 47.4 Å². The Morgan fingerprint density at radius 2 is 1.79 bits per heavy atom. The molecule has 0 saturated carbocycles. The van der Waals surface area contributed by atoms with Gasteiger partial charge in [0.1, 0.15) is 6.54 Å². The zero-order valence-electron chi connectivity index (χ0n) is 16.5. The summed E-state index contributed by atoms with van der Waals surface area (Å²) in [5, 5.41) is 5.64. The van der Waals surface area contributed by atoms with Crippen LogP contribution in [0, 0.1) is 6.92 Å². The monoisotopic (exact) mass is 398 g/mol. The molecule has 154 valence electrons. The molecule has 0 spiro atoms. The normalized spacial score (nSPS) is 14.4. The number of pyridine rings is 1. The molecule has 1 fully saturated rings. The lowest BCUT2D eigenvalue weighted by molar-refractivity contribution is -0.116. The van der Waals surface area contributed by atoms with E-state index in [1.807, 2.05) is 6.92 Å². The summed E-state index contributed by atoms with van der Waals surface area (Å²) in [4.78, 5) is 38.5. The summed E-state index contributed by atoms with van der Waals surface area (Å²) < 4.78 is 6.67. The van der Waals surface area contributed by atoms with Crippen molar-refractivity contribution >= 4 is 17.5 Å². The Morgan fingerprint density at radius 1 is 1.07 bits per heavy atom. The number of carbonyl (C=O) groups excluding carboxylic acids is 2. The number of ether oxygens (including phenoxy) is 1. The van der Waals surface area contributed by atoms with Gasteiger partial charge in [0.15, 0.2) is 0 Å². The van der Waals surface area contributed by atoms with Gasteiger partial charge in [-0.2, -0.15) is 0 Å². The van der Waals surface area contributed by atoms with Crippen molar-refractivity contribution in [1.82, 2.24) is 14.8 Å². The first-order valence-corrected chi connectivity index (χ1v) is 9.66. The van der Waals surface area contributed by atoms with Gasteiger partial charge >= 0.3 is 0 Å². The molecule has 8 heteroatoms. The van der Waals surface area contributed by atoms with E-state index in [9.17, 15) is 14.4 Å². The molecule has 1 aliphatic heterocycles. The Hall–Kier alpha value is -2.97. The van der Waals surface area contributed by atoms with Crippen LogP contribution in [0.2, 0.25) is 0 Å². The number of hydrogen-bond acceptors (Lipinski definition) is 5. The molecule has 29 heavy (non-hydrogen) atoms. The number of carbonyl (C=O) groups is 2. The number of nitrogens with one attached hydrogen (secondary N) is 2. The van der Waals surface area contributed by atoms with Crippen LogP contribution >= 0.6 is 0 Å². The number of aromatic nitrogens is 1. The molecular weight excluding hydrogens is 372 g/mol. The SMILES string of the molecule is Cc1ccc(=O)n(CC(=O)Nc2ccc(C(=O)NCCN3CCOCC3)cc2)c1. The van der Waals surface area contributed by atoms with Crippen LogP contribution in [0.4, 0.5) is 5.69 Å². The third-order valence-corrected chi connectivity index (χ3v) is 4.69. The Bertz CT molecular complexity index is 902. The van der Waals surface area contributed by atoms with Crippen LogP contribution in [0.25, 0.3) is 0 Å². The van der Waals surface area contributed by atoms with Gasteiger partial charge in [-0.3, -0.25) is 19.3 Å². The van der Waals surface area contributed by atoms with Crippen molar-refractivity contribution < 1.29 is 14.3 Å². The minimum absolute atomic E-state index is 0.0652. The summed E-state index contributed by atoms with van der Waals surface area (Å²) in [6.45, 7) is 6.41. The van der Waals surface area contributed by atoms with Crippen LogP contribution in [0.1, 0.15) is 15.9 Å². The molecule has 2 heterocycles. The highest BCUT2D eigenvalue weighted by molar-refractivity contribution is 5.95. The second-order valence-corrected chi connectivity index (χ2v) is 7.01. The summed E-state index contributed by atoms with van der Waals surface area (Å²) in [6.07, 6.45) is 1.65. The van der Waals surface area contributed by atoms with Crippen LogP contribution in [-0.4, -0.2) is 60.7 Å². The second-order valence-electron chi connectivity index (χ2n) is 7.01. The van der Waals surface area contributed by atoms with E-state index in [1.165, 1.54) is 10.6 Å². The summed E-state index contributed by atoms with van der Waals surface area (Å²) in [7, 11) is 0. The van der Waals surface area contributed by atoms with Crippen molar-refractivity contribution in [1.29, 1.82) is 0 Å². The third kappa shape index (κ3) is 6.27. The van der Waals surface area contributed by atoms with Crippen molar-refractivity contribution in [2.24, 2.45) is 0 Å². The molecule has 0 unspecified atom stereocenters. The van der Waals surface area contributed by atoms with Crippen LogP contribution < -0.4 is 16.2 Å². The first-order chi connectivity index (χ1) is 14.0. The summed E-state index contributed by atoms with van der Waals surface area (Å²) in [6, 6.07) is 9.83. The fourth-order valence-electron chi connectivity index (χ4n) is 3.09. The maximum atomic E-state index is 12.3. The van der Waals surface area contributed by atoms with Crippen LogP contribution in [0.5, 0.6) is 0 Å². The summed E-state index contributed by atoms with van der Waals surface area (Å²) >= 11 is 0. The van der Waals surface area contributed by atoms with Gasteiger partial charge in [-0.05, 0) is 36.8 Å². The van der Waals surface area contributed by atoms with Gasteiger partial charge in [0.2, 0.25) is 5.91 Å². The van der Waals surface area contributed by atoms with Crippen molar-refractivity contribution in [2.45, 2.75) is 13.5 Å². The predicted octanol–water partition coefficient (Wildman–Crippen LogP) is 0.857. The molecule has 1 aliphatic rings. The van der Waals surface area contributed by atoms with E-state index in [-0.39, 0.29) is 23.9 Å². The standard InChI is InChI=1S/C21H26N4O4/c1-16-2-7-20(27)25(14-16)15-19(26)23-18-5-3-17(4-6-18)21(28)22-8-9-24-10-12-29-13-11-24/h2-7,14H,8-13,15H2,1H3,(H,22,28)(H,23,26). The van der Waals surface area contributed by atoms with Crippen molar-refractivity contribution in [3.05, 3.63) is 64.1 Å². The molecule has 8 nitrogen and oxygen atoms in total. The van der Waals surface area contributed by atoms with Gasteiger partial charge in [0.05, 0.1) is 13.2 Å². The zero-order chi connectivity index (χ0) is 20.6. The molecule has 0 bridgehead atoms. The zero-order valence-corrected chi connectivity index (χ0v) is 16.5. The lowest BCUT2D eigenvalue weighted by atomic mass is 10.2. The van der Waals surface area contributed by atoms with E-state index >= 15 is 0 Å². The van der Waals surface area contributed by atoms with Gasteiger partial charge in [-0.15, -0.1) is 0 Å². The third-order valence-electron chi connectivity index (χ3n) is 4.69. The van der Waals surface area contributed by atoms with Crippen LogP contribution in [-0.2, 0) is 16.1 Å². The molecule has 3 rings (SSSR count). The van der Waals surface area contributed by atoms with E-state index in [2.05, 4.69) is 15.5 Å². The average Bonchev–Trinajstić information content (AvgIpc) is 2.72. The topological polar surface area (TPSA) is 92.7 Å². The highest BCUT2D eigenvalue weighted by atomic mass is 16.5. The van der Waals surface area contributed by atoms with Crippen molar-refractivity contribution in [2.75, 3.05) is 44.7 Å². The Morgan fingerprint density at radius 3 is 2.52 bits per heavy atom. The smallest absolute Gasteiger partial charge is 0.251 e. The highest BCUT2D eigenvalue weighted by Gasteiger charge is 2.11. The number of nitrogens with zero attached hydrogens (tertiary/aromatic N) is 2. The molecule has 2 N–H and O–H groups in total. The molecule has 1 aromatic carbocycles. The Labute approximate surface area is 169 Å². The molecular formula is C21H26N4O4. The van der Waals surface area contributed by atoms with Gasteiger partial charge < -0.3 is 19.9 Å². The fourth-order valence-corrected chi connectivity index (χ4v) is 3.09. The number of aryl methyl sites for hydroxylation is 1. The molecule has 0 aliphatic carbocycles. The minimum Gasteiger partial charge on any atom is -0.379 e. The van der Waals surface area contributed by atoms with E-state index in [1.54, 1.807) is 36.5 Å². The quantitative estimate of drug-likeness (QED) is 0.722. The van der Waals surface area contributed by atoms with Gasteiger partial charge in [-0.25, -0.2) is 0 Å². The van der Waals surface area contributed by atoms with Crippen molar-refractivity contribution in [3.8, 4) is 0 Å². The van der Waals surface area contributed by atoms with Gasteiger partial charge in [0.25, 0.3) is 11.5 Å². The predicted molar refractivity (Wildman–Crippen MR) is 110 cm³/mol. The summed E-state index contributed by atoms with van der Waals surface area (Å²) in [5.74, 6) is -0.456. The largest absolute Gasteiger partial charge is 0.379 e. The second kappa shape index (κ2) is 9.99. The number of benzene rings is 1. The molecule has 2 aromatic rings. The maximum Gasteiger partial charge on any atom is 0.251 e. The Balaban J connectivity index is 1.47. The number of morpholine rings is 1. The maximum absolute atomic E-state index is 12.3. The lowest BCUT2D eigenvalue weighted by Crippen LogP contribution is -2.41. The van der Waals surface area contributed by atoms with Crippen molar-refractivity contribution in [3.63, 3.8) is 0 Å². The number of rotatable bonds is 7. The Kier molecular flexibility index (Phi) is 7.15. The molecule has 1 saturated heterocycles. The van der Waals surface area contributed by atoms with E-state index in [0.717, 1.165) is 38.4 Å². The fraction of sp³-hybridized carbons (Fsp3) is 0.381. The van der Waals surface area contributed by atoms with Gasteiger partial charge in [-0.1, -0.05) is 6.07 Å². The first kappa shape index (κ1) is 20.8. The number of hydrogen-bond donors (Lipinski definition) is 2. The van der Waals surface area contributed by atoms with E-state index in [4.69, 9.17) is 4.74 Å². The number of anilines is 1. The van der Waals surface area contributed by atoms with Crippen LogP contribution in [0.3, 0.4) is 0 Å². The lowest BCUT2D eigenvalue weighted by Gasteiger charge is -2.26. The van der Waals surface area contributed by atoms with E-state index < -0.39 is 0 Å². The molecule has 2 amide bonds. The molecule has 0 radical (unpaired) electrons. The first-order valence-electron chi connectivity index (χ1n) is 9.66. The average molecular weight is 398 g/mol. The minimum atomic E-state index is -0.305. The van der Waals surface area contributed by atoms with E-state index in [0.29, 0.717) is 17.8 Å². The van der Waals surface area contributed by atoms with Gasteiger partial charge in [0, 0.05) is 49.7 Å². The summed E-state index contributed by atoms with van der Waals surface area (Å²) in [5.41, 5.74) is 1.77. The molecule has 0 atom stereocenters. The molecule has 1 aromatic heterocycles.